The van der Waals surface area contributed by atoms with Crippen LogP contribution in [-0.4, -0.2) is 53.2 Å². The molecule has 1 saturated carbocycles. The minimum absolute atomic E-state index is 0.310. The van der Waals surface area contributed by atoms with Gasteiger partial charge in [-0.25, -0.2) is 0 Å². The van der Waals surface area contributed by atoms with Crippen LogP contribution in [0.25, 0.3) is 10.1 Å². The van der Waals surface area contributed by atoms with Gasteiger partial charge in [-0.15, -0.1) is 11.3 Å². The molecule has 4 heteroatoms. The first-order valence-electron chi connectivity index (χ1n) is 9.40. The van der Waals surface area contributed by atoms with Gasteiger partial charge < -0.3 is 5.11 Å². The van der Waals surface area contributed by atoms with Crippen LogP contribution in [0.5, 0.6) is 0 Å². The summed E-state index contributed by atoms with van der Waals surface area (Å²) in [6.45, 7) is 4.79. The summed E-state index contributed by atoms with van der Waals surface area (Å²) < 4.78 is 1.39. The summed E-state index contributed by atoms with van der Waals surface area (Å²) in [5, 5.41) is 10.9. The summed E-state index contributed by atoms with van der Waals surface area (Å²) in [6, 6.07) is 12.3. The van der Waals surface area contributed by atoms with E-state index in [-0.39, 0.29) is 0 Å². The van der Waals surface area contributed by atoms with Crippen molar-refractivity contribution < 1.29 is 5.11 Å². The lowest BCUT2D eigenvalue weighted by Crippen LogP contribution is -2.55. The topological polar surface area (TPSA) is 26.7 Å². The van der Waals surface area contributed by atoms with Gasteiger partial charge in [0.1, 0.15) is 0 Å². The zero-order valence-corrected chi connectivity index (χ0v) is 15.2. The van der Waals surface area contributed by atoms with Crippen molar-refractivity contribution in [3.63, 3.8) is 0 Å². The van der Waals surface area contributed by atoms with Crippen LogP contribution in [0.4, 0.5) is 0 Å². The van der Waals surface area contributed by atoms with Gasteiger partial charge in [-0.05, 0) is 36.8 Å². The Morgan fingerprint density at radius 2 is 1.96 bits per heavy atom. The number of hydrogen-bond acceptors (Lipinski definition) is 4. The van der Waals surface area contributed by atoms with E-state index in [0.717, 1.165) is 32.1 Å². The van der Waals surface area contributed by atoms with E-state index in [0.29, 0.717) is 12.6 Å². The third kappa shape index (κ3) is 3.52. The van der Waals surface area contributed by atoms with Crippen LogP contribution < -0.4 is 0 Å². The molecule has 1 aromatic carbocycles. The van der Waals surface area contributed by atoms with Crippen LogP contribution in [0.1, 0.15) is 37.0 Å². The number of rotatable bonds is 5. The largest absolute Gasteiger partial charge is 0.396 e. The predicted molar refractivity (Wildman–Crippen MR) is 102 cm³/mol. The van der Waals surface area contributed by atoms with E-state index in [9.17, 15) is 5.11 Å². The molecule has 2 aromatic rings. The molecule has 0 spiro atoms. The van der Waals surface area contributed by atoms with Gasteiger partial charge in [-0.3, -0.25) is 9.80 Å². The number of thiophene rings is 1. The Kier molecular flexibility index (Phi) is 5.18. The van der Waals surface area contributed by atoms with E-state index in [2.05, 4.69) is 40.1 Å². The fourth-order valence-electron chi connectivity index (χ4n) is 4.54. The average molecular weight is 345 g/mol. The molecule has 1 unspecified atom stereocenters. The molecule has 4 rings (SSSR count). The normalized spacial score (nSPS) is 24.1. The van der Waals surface area contributed by atoms with E-state index in [1.54, 1.807) is 0 Å². The molecule has 0 radical (unpaired) electrons. The smallest absolute Gasteiger partial charge is 0.0446 e. The molecule has 1 aromatic heterocycles. The average Bonchev–Trinajstić information content (AvgIpc) is 3.24. The highest BCUT2D eigenvalue weighted by atomic mass is 32.1. The van der Waals surface area contributed by atoms with Crippen molar-refractivity contribution in [1.29, 1.82) is 0 Å². The summed E-state index contributed by atoms with van der Waals surface area (Å²) >= 11 is 1.93. The van der Waals surface area contributed by atoms with Crippen LogP contribution in [0.2, 0.25) is 0 Å². The van der Waals surface area contributed by atoms with Crippen molar-refractivity contribution >= 4 is 21.4 Å². The van der Waals surface area contributed by atoms with Gasteiger partial charge in [0.15, 0.2) is 0 Å². The zero-order valence-electron chi connectivity index (χ0n) is 14.4. The quantitative estimate of drug-likeness (QED) is 0.896. The number of hydrogen-bond donors (Lipinski definition) is 1. The SMILES string of the molecule is OCCC1CN(Cc2cc3ccccc3s2)CCN1C1CCCC1. The molecule has 2 heterocycles. The van der Waals surface area contributed by atoms with Crippen molar-refractivity contribution in [2.45, 2.75) is 50.7 Å². The summed E-state index contributed by atoms with van der Waals surface area (Å²) in [7, 11) is 0. The van der Waals surface area contributed by atoms with Gasteiger partial charge in [-0.2, -0.15) is 0 Å². The second-order valence-corrected chi connectivity index (χ2v) is 8.50. The molecule has 1 saturated heterocycles. The predicted octanol–water partition coefficient (Wildman–Crippen LogP) is 3.71. The monoisotopic (exact) mass is 344 g/mol. The Labute approximate surface area is 148 Å². The minimum Gasteiger partial charge on any atom is -0.396 e. The summed E-state index contributed by atoms with van der Waals surface area (Å²) in [5.41, 5.74) is 0. The third-order valence-corrected chi connectivity index (χ3v) is 6.83. The fourth-order valence-corrected chi connectivity index (χ4v) is 5.64. The lowest BCUT2D eigenvalue weighted by Gasteiger charge is -2.44. The summed E-state index contributed by atoms with van der Waals surface area (Å²) in [4.78, 5) is 6.77. The Bertz CT molecular complexity index is 631. The van der Waals surface area contributed by atoms with Crippen molar-refractivity contribution in [2.24, 2.45) is 0 Å². The molecule has 3 nitrogen and oxygen atoms in total. The number of benzene rings is 1. The molecular formula is C20H28N2OS. The standard InChI is InChI=1S/C20H28N2OS/c23-12-9-18-14-21(10-11-22(18)17-6-2-3-7-17)15-19-13-16-5-1-4-8-20(16)24-19/h1,4-5,8,13,17-18,23H,2-3,6-7,9-12,14-15H2. The first kappa shape index (κ1) is 16.5. The number of aliphatic hydroxyl groups is 1. The molecule has 1 atom stereocenters. The molecule has 2 aliphatic rings. The Morgan fingerprint density at radius 3 is 2.75 bits per heavy atom. The highest BCUT2D eigenvalue weighted by Crippen LogP contribution is 2.30. The van der Waals surface area contributed by atoms with Crippen molar-refractivity contribution in [3.8, 4) is 0 Å². The third-order valence-electron chi connectivity index (χ3n) is 5.72. The maximum Gasteiger partial charge on any atom is 0.0446 e. The van der Waals surface area contributed by atoms with Crippen LogP contribution in [0, 0.1) is 0 Å². The maximum atomic E-state index is 9.51. The van der Waals surface area contributed by atoms with Gasteiger partial charge in [0.05, 0.1) is 0 Å². The van der Waals surface area contributed by atoms with Crippen LogP contribution >= 0.6 is 11.3 Å². The van der Waals surface area contributed by atoms with Gasteiger partial charge >= 0.3 is 0 Å². The van der Waals surface area contributed by atoms with E-state index in [4.69, 9.17) is 0 Å². The van der Waals surface area contributed by atoms with Crippen LogP contribution in [0.15, 0.2) is 30.3 Å². The highest BCUT2D eigenvalue weighted by Gasteiger charge is 2.33. The molecule has 130 valence electrons. The summed E-state index contributed by atoms with van der Waals surface area (Å²) in [6.07, 6.45) is 6.41. The molecule has 1 aliphatic heterocycles. The molecule has 0 amide bonds. The molecule has 1 aliphatic carbocycles. The first-order valence-corrected chi connectivity index (χ1v) is 10.2. The zero-order chi connectivity index (χ0) is 16.4. The number of piperazine rings is 1. The number of fused-ring (bicyclic) bond motifs is 1. The molecule has 1 N–H and O–H groups in total. The highest BCUT2D eigenvalue weighted by molar-refractivity contribution is 7.19. The maximum absolute atomic E-state index is 9.51. The Morgan fingerprint density at radius 1 is 1.12 bits per heavy atom. The Hall–Kier alpha value is -0.940. The van der Waals surface area contributed by atoms with E-state index < -0.39 is 0 Å². The minimum atomic E-state index is 0.310. The molecule has 2 fully saturated rings. The fraction of sp³-hybridized carbons (Fsp3) is 0.600. The summed E-state index contributed by atoms with van der Waals surface area (Å²) in [5.74, 6) is 0. The molecular weight excluding hydrogens is 316 g/mol. The van der Waals surface area contributed by atoms with Crippen molar-refractivity contribution in [2.75, 3.05) is 26.2 Å². The lowest BCUT2D eigenvalue weighted by molar-refractivity contribution is 0.0271. The van der Waals surface area contributed by atoms with Crippen LogP contribution in [-0.2, 0) is 6.54 Å². The first-order chi connectivity index (χ1) is 11.8. The van der Waals surface area contributed by atoms with Gasteiger partial charge in [0.25, 0.3) is 0 Å². The lowest BCUT2D eigenvalue weighted by atomic mass is 10.0. The van der Waals surface area contributed by atoms with E-state index in [1.165, 1.54) is 47.2 Å². The van der Waals surface area contributed by atoms with E-state index in [1.807, 2.05) is 11.3 Å². The van der Waals surface area contributed by atoms with Gasteiger partial charge in [0, 0.05) is 54.4 Å². The second kappa shape index (κ2) is 7.52. The van der Waals surface area contributed by atoms with Gasteiger partial charge in [0.2, 0.25) is 0 Å². The number of aliphatic hydroxyl groups excluding tert-OH is 1. The number of nitrogens with zero attached hydrogens (tertiary/aromatic N) is 2. The van der Waals surface area contributed by atoms with Crippen LogP contribution in [0.3, 0.4) is 0 Å². The van der Waals surface area contributed by atoms with Crippen molar-refractivity contribution in [1.82, 2.24) is 9.80 Å². The van der Waals surface area contributed by atoms with Crippen molar-refractivity contribution in [3.05, 3.63) is 35.2 Å². The Balaban J connectivity index is 1.43. The molecule has 0 bridgehead atoms. The van der Waals surface area contributed by atoms with Gasteiger partial charge in [-0.1, -0.05) is 31.0 Å². The molecule has 24 heavy (non-hydrogen) atoms. The van der Waals surface area contributed by atoms with E-state index >= 15 is 0 Å². The second-order valence-electron chi connectivity index (χ2n) is 7.33.